The number of benzene rings is 2. The second kappa shape index (κ2) is 6.09. The fourth-order valence-corrected chi connectivity index (χ4v) is 1.89. The van der Waals surface area contributed by atoms with Crippen LogP contribution in [0.3, 0.4) is 0 Å². The summed E-state index contributed by atoms with van der Waals surface area (Å²) in [5.41, 5.74) is 1.23. The number of phenolic OH excluding ortho intramolecular Hbond substituents is 1. The lowest BCUT2D eigenvalue weighted by Gasteiger charge is -2.07. The fourth-order valence-electron chi connectivity index (χ4n) is 1.89. The number of nitrogens with one attached hydrogen (secondary N) is 1. The number of ether oxygens (including phenoxy) is 1. The van der Waals surface area contributed by atoms with Crippen LogP contribution in [0.15, 0.2) is 42.5 Å². The quantitative estimate of drug-likeness (QED) is 0.847. The van der Waals surface area contributed by atoms with Crippen molar-refractivity contribution in [3.05, 3.63) is 53.6 Å². The minimum atomic E-state index is -0.301. The Morgan fingerprint density at radius 3 is 2.29 bits per heavy atom. The van der Waals surface area contributed by atoms with Crippen molar-refractivity contribution in [2.24, 2.45) is 0 Å². The maximum absolute atomic E-state index is 12.3. The maximum atomic E-state index is 12.3. The molecule has 0 aromatic heterocycles. The number of rotatable bonds is 4. The van der Waals surface area contributed by atoms with Crippen molar-refractivity contribution in [3.63, 3.8) is 0 Å². The second-order valence-electron chi connectivity index (χ2n) is 4.47. The number of anilines is 1. The van der Waals surface area contributed by atoms with Gasteiger partial charge in [0, 0.05) is 24.2 Å². The van der Waals surface area contributed by atoms with Crippen molar-refractivity contribution in [2.45, 2.75) is 6.92 Å². The molecule has 5 heteroatoms. The number of ketones is 1. The molecule has 0 unspecified atom stereocenters. The first kappa shape index (κ1) is 14.6. The van der Waals surface area contributed by atoms with E-state index in [-0.39, 0.29) is 23.0 Å². The van der Waals surface area contributed by atoms with Gasteiger partial charge in [-0.05, 0) is 36.4 Å². The molecule has 0 fully saturated rings. The lowest BCUT2D eigenvalue weighted by atomic mass is 10.0. The highest BCUT2D eigenvalue weighted by Gasteiger charge is 2.14. The van der Waals surface area contributed by atoms with Crippen molar-refractivity contribution in [3.8, 4) is 11.5 Å². The molecule has 0 saturated carbocycles. The highest BCUT2D eigenvalue weighted by molar-refractivity contribution is 6.11. The molecule has 2 rings (SSSR count). The molecular formula is C16H15NO4. The number of phenols is 1. The zero-order chi connectivity index (χ0) is 15.4. The van der Waals surface area contributed by atoms with E-state index in [2.05, 4.69) is 5.32 Å². The van der Waals surface area contributed by atoms with Crippen molar-refractivity contribution >= 4 is 17.4 Å². The summed E-state index contributed by atoms with van der Waals surface area (Å²) in [5, 5.41) is 12.5. The Kier molecular flexibility index (Phi) is 4.23. The van der Waals surface area contributed by atoms with Crippen LogP contribution in [0, 0.1) is 0 Å². The summed E-state index contributed by atoms with van der Waals surface area (Å²) < 4.78 is 4.98. The number of carbonyl (C=O) groups is 2. The van der Waals surface area contributed by atoms with E-state index in [4.69, 9.17) is 4.74 Å². The van der Waals surface area contributed by atoms with Crippen molar-refractivity contribution in [1.29, 1.82) is 0 Å². The zero-order valence-corrected chi connectivity index (χ0v) is 11.7. The van der Waals surface area contributed by atoms with Gasteiger partial charge >= 0.3 is 0 Å². The standard InChI is InChI=1S/C16H15NO4/c1-10(18)17-12-5-3-11(4-6-12)16(20)14-8-7-13(21-2)9-15(14)19/h3-9,19H,1-2H3,(H,17,18). The first-order valence-corrected chi connectivity index (χ1v) is 6.30. The lowest BCUT2D eigenvalue weighted by molar-refractivity contribution is -0.114. The monoisotopic (exact) mass is 285 g/mol. The average molecular weight is 285 g/mol. The molecule has 2 N–H and O–H groups in total. The molecule has 2 aromatic carbocycles. The van der Waals surface area contributed by atoms with E-state index < -0.39 is 0 Å². The summed E-state index contributed by atoms with van der Waals surface area (Å²) in [6.45, 7) is 1.41. The van der Waals surface area contributed by atoms with Crippen LogP contribution in [-0.2, 0) is 4.79 Å². The summed E-state index contributed by atoms with van der Waals surface area (Å²) in [7, 11) is 1.48. The minimum absolute atomic E-state index is 0.134. The van der Waals surface area contributed by atoms with Crippen LogP contribution in [0.5, 0.6) is 11.5 Å². The number of hydrogen-bond acceptors (Lipinski definition) is 4. The summed E-state index contributed by atoms with van der Waals surface area (Å²) >= 11 is 0. The Bertz CT molecular complexity index is 677. The number of hydrogen-bond donors (Lipinski definition) is 2. The van der Waals surface area contributed by atoms with Gasteiger partial charge in [0.25, 0.3) is 0 Å². The Morgan fingerprint density at radius 1 is 1.10 bits per heavy atom. The van der Waals surface area contributed by atoms with Gasteiger partial charge in [-0.3, -0.25) is 9.59 Å². The van der Waals surface area contributed by atoms with Gasteiger partial charge in [0.1, 0.15) is 11.5 Å². The molecule has 5 nitrogen and oxygen atoms in total. The van der Waals surface area contributed by atoms with Crippen LogP contribution >= 0.6 is 0 Å². The van der Waals surface area contributed by atoms with E-state index in [1.54, 1.807) is 30.3 Å². The minimum Gasteiger partial charge on any atom is -0.507 e. The normalized spacial score (nSPS) is 10.0. The number of carbonyl (C=O) groups excluding carboxylic acids is 2. The van der Waals surface area contributed by atoms with Crippen LogP contribution in [0.1, 0.15) is 22.8 Å². The molecular weight excluding hydrogens is 270 g/mol. The molecule has 0 aliphatic heterocycles. The predicted octanol–water partition coefficient (Wildman–Crippen LogP) is 2.59. The van der Waals surface area contributed by atoms with E-state index in [1.807, 2.05) is 0 Å². The maximum Gasteiger partial charge on any atom is 0.221 e. The van der Waals surface area contributed by atoms with Gasteiger partial charge in [0.05, 0.1) is 12.7 Å². The van der Waals surface area contributed by atoms with E-state index in [0.717, 1.165) is 0 Å². The van der Waals surface area contributed by atoms with E-state index in [1.165, 1.54) is 26.2 Å². The van der Waals surface area contributed by atoms with Crippen molar-refractivity contribution < 1.29 is 19.4 Å². The first-order chi connectivity index (χ1) is 10.0. The molecule has 0 saturated heterocycles. The van der Waals surface area contributed by atoms with Crippen molar-refractivity contribution in [1.82, 2.24) is 0 Å². The molecule has 108 valence electrons. The third-order valence-electron chi connectivity index (χ3n) is 2.92. The summed E-state index contributed by atoms with van der Waals surface area (Å²) in [6, 6.07) is 11.0. The van der Waals surface area contributed by atoms with Gasteiger partial charge in [0.2, 0.25) is 5.91 Å². The van der Waals surface area contributed by atoms with Gasteiger partial charge in [-0.1, -0.05) is 0 Å². The number of aromatic hydroxyl groups is 1. The van der Waals surface area contributed by atoms with E-state index in [0.29, 0.717) is 17.0 Å². The van der Waals surface area contributed by atoms with Gasteiger partial charge in [-0.15, -0.1) is 0 Å². The molecule has 0 aliphatic carbocycles. The summed E-state index contributed by atoms with van der Waals surface area (Å²) in [4.78, 5) is 23.2. The molecule has 0 spiro atoms. The van der Waals surface area contributed by atoms with Gasteiger partial charge < -0.3 is 15.2 Å². The Balaban J connectivity index is 2.25. The topological polar surface area (TPSA) is 75.6 Å². The molecule has 1 amide bonds. The molecule has 2 aromatic rings. The smallest absolute Gasteiger partial charge is 0.221 e. The van der Waals surface area contributed by atoms with E-state index in [9.17, 15) is 14.7 Å². The van der Waals surface area contributed by atoms with Crippen molar-refractivity contribution in [2.75, 3.05) is 12.4 Å². The second-order valence-corrected chi connectivity index (χ2v) is 4.47. The number of methoxy groups -OCH3 is 1. The third kappa shape index (κ3) is 3.39. The third-order valence-corrected chi connectivity index (χ3v) is 2.92. The highest BCUT2D eigenvalue weighted by Crippen LogP contribution is 2.26. The van der Waals surface area contributed by atoms with Crippen LogP contribution in [0.25, 0.3) is 0 Å². The summed E-state index contributed by atoms with van der Waals surface area (Å²) in [5.74, 6) is -0.137. The predicted molar refractivity (Wildman–Crippen MR) is 78.8 cm³/mol. The SMILES string of the molecule is COc1ccc(C(=O)c2ccc(NC(C)=O)cc2)c(O)c1. The Labute approximate surface area is 122 Å². The Morgan fingerprint density at radius 2 is 1.76 bits per heavy atom. The van der Waals surface area contributed by atoms with Gasteiger partial charge in [-0.25, -0.2) is 0 Å². The lowest BCUT2D eigenvalue weighted by Crippen LogP contribution is -2.06. The highest BCUT2D eigenvalue weighted by atomic mass is 16.5. The largest absolute Gasteiger partial charge is 0.507 e. The van der Waals surface area contributed by atoms with Crippen LogP contribution in [0.4, 0.5) is 5.69 Å². The Hall–Kier alpha value is -2.82. The van der Waals surface area contributed by atoms with E-state index >= 15 is 0 Å². The average Bonchev–Trinajstić information content (AvgIpc) is 2.46. The number of amides is 1. The van der Waals surface area contributed by atoms with Crippen LogP contribution in [0.2, 0.25) is 0 Å². The molecule has 0 bridgehead atoms. The molecule has 0 heterocycles. The first-order valence-electron chi connectivity index (χ1n) is 6.30. The van der Waals surface area contributed by atoms with Gasteiger partial charge in [0.15, 0.2) is 5.78 Å². The van der Waals surface area contributed by atoms with Crippen LogP contribution < -0.4 is 10.1 Å². The summed E-state index contributed by atoms with van der Waals surface area (Å²) in [6.07, 6.45) is 0. The molecule has 21 heavy (non-hydrogen) atoms. The zero-order valence-electron chi connectivity index (χ0n) is 11.7. The molecule has 0 aliphatic rings. The fraction of sp³-hybridized carbons (Fsp3) is 0.125. The molecule has 0 radical (unpaired) electrons. The van der Waals surface area contributed by atoms with Crippen LogP contribution in [-0.4, -0.2) is 23.9 Å². The van der Waals surface area contributed by atoms with Gasteiger partial charge in [-0.2, -0.15) is 0 Å². The molecule has 0 atom stereocenters.